The first-order chi connectivity index (χ1) is 11.8. The number of anilines is 2. The largest absolute Gasteiger partial charge is 0.333 e. The van der Waals surface area contributed by atoms with Gasteiger partial charge in [0.15, 0.2) is 5.17 Å². The van der Waals surface area contributed by atoms with Crippen LogP contribution >= 0.6 is 11.8 Å². The highest BCUT2D eigenvalue weighted by atomic mass is 32.2. The molecule has 2 aromatic rings. The van der Waals surface area contributed by atoms with Crippen LogP contribution in [0.3, 0.4) is 0 Å². The lowest BCUT2D eigenvalue weighted by Crippen LogP contribution is -2.22. The number of hydrogen-bond donors (Lipinski definition) is 2. The van der Waals surface area contributed by atoms with Crippen molar-refractivity contribution >= 4 is 44.2 Å². The Morgan fingerprint density at radius 3 is 2.76 bits per heavy atom. The minimum atomic E-state index is -3.85. The molecule has 2 N–H and O–H groups in total. The van der Waals surface area contributed by atoms with Crippen molar-refractivity contribution in [3.8, 4) is 0 Å². The molecule has 130 valence electrons. The van der Waals surface area contributed by atoms with E-state index in [1.807, 2.05) is 0 Å². The zero-order chi connectivity index (χ0) is 18.0. The minimum absolute atomic E-state index is 0.0218. The topological polar surface area (TPSA) is 87.6 Å². The molecule has 0 saturated heterocycles. The molecular weight excluding hydrogens is 372 g/mol. The molecule has 1 aliphatic rings. The highest BCUT2D eigenvalue weighted by Gasteiger charge is 2.24. The van der Waals surface area contributed by atoms with Gasteiger partial charge in [-0.1, -0.05) is 23.9 Å². The quantitative estimate of drug-likeness (QED) is 0.851. The van der Waals surface area contributed by atoms with Crippen LogP contribution in [0.5, 0.6) is 0 Å². The van der Waals surface area contributed by atoms with Crippen molar-refractivity contribution in [2.45, 2.75) is 4.90 Å². The summed E-state index contributed by atoms with van der Waals surface area (Å²) >= 11 is 0.832. The third-order valence-corrected chi connectivity index (χ3v) is 5.48. The number of amidine groups is 1. The van der Waals surface area contributed by atoms with Crippen molar-refractivity contribution < 1.29 is 22.0 Å². The molecule has 0 bridgehead atoms. The summed E-state index contributed by atoms with van der Waals surface area (Å²) < 4.78 is 54.3. The first kappa shape index (κ1) is 17.4. The predicted octanol–water partition coefficient (Wildman–Crippen LogP) is 2.81. The van der Waals surface area contributed by atoms with Gasteiger partial charge in [-0.05, 0) is 24.3 Å². The number of carbonyl (C=O) groups is 1. The van der Waals surface area contributed by atoms with Crippen LogP contribution in [-0.2, 0) is 14.8 Å². The van der Waals surface area contributed by atoms with E-state index >= 15 is 0 Å². The molecule has 1 aliphatic heterocycles. The lowest BCUT2D eigenvalue weighted by molar-refractivity contribution is -0.113. The van der Waals surface area contributed by atoms with E-state index in [1.165, 1.54) is 6.07 Å². The van der Waals surface area contributed by atoms with Crippen LogP contribution in [-0.4, -0.2) is 25.2 Å². The number of thioether (sulfide) groups is 1. The average Bonchev–Trinajstić information content (AvgIpc) is 2.56. The summed E-state index contributed by atoms with van der Waals surface area (Å²) in [7, 11) is -3.85. The third-order valence-electron chi connectivity index (χ3n) is 3.15. The van der Waals surface area contributed by atoms with Crippen LogP contribution in [0.25, 0.3) is 0 Å². The lowest BCUT2D eigenvalue weighted by atomic mass is 10.3. The number of halogens is 2. The molecular formula is C15H11F2N3O3S2. The zero-order valence-electron chi connectivity index (χ0n) is 12.5. The molecule has 0 aromatic heterocycles. The van der Waals surface area contributed by atoms with Gasteiger partial charge in [-0.3, -0.25) is 4.79 Å². The van der Waals surface area contributed by atoms with Crippen molar-refractivity contribution in [3.63, 3.8) is 0 Å². The summed E-state index contributed by atoms with van der Waals surface area (Å²) in [5, 5.41) is 5.06. The Morgan fingerprint density at radius 2 is 1.96 bits per heavy atom. The van der Waals surface area contributed by atoms with E-state index in [4.69, 9.17) is 0 Å². The van der Waals surface area contributed by atoms with Gasteiger partial charge < -0.3 is 10.6 Å². The number of sulfonamides is 1. The molecule has 10 heteroatoms. The molecule has 25 heavy (non-hydrogen) atoms. The van der Waals surface area contributed by atoms with Crippen LogP contribution < -0.4 is 10.6 Å². The molecule has 0 radical (unpaired) electrons. The molecule has 3 rings (SSSR count). The lowest BCUT2D eigenvalue weighted by Gasteiger charge is -2.17. The minimum Gasteiger partial charge on any atom is -0.333 e. The highest BCUT2D eigenvalue weighted by molar-refractivity contribution is 8.15. The first-order valence-electron chi connectivity index (χ1n) is 6.94. The predicted molar refractivity (Wildman–Crippen MR) is 92.1 cm³/mol. The van der Waals surface area contributed by atoms with E-state index in [-0.39, 0.29) is 21.5 Å². The van der Waals surface area contributed by atoms with E-state index in [1.54, 1.807) is 18.2 Å². The summed E-state index contributed by atoms with van der Waals surface area (Å²) in [5.74, 6) is -2.33. The van der Waals surface area contributed by atoms with Gasteiger partial charge >= 0.3 is 0 Å². The van der Waals surface area contributed by atoms with Gasteiger partial charge in [-0.25, -0.2) is 8.78 Å². The SMILES string of the molecule is O=C(CSC1=NS(=O)(=O)c2ccccc2N1)Nc1cc(F)ccc1F. The fraction of sp³-hybridized carbons (Fsp3) is 0.0667. The highest BCUT2D eigenvalue weighted by Crippen LogP contribution is 2.29. The first-order valence-corrected chi connectivity index (χ1v) is 9.36. The Kier molecular flexibility index (Phi) is 4.73. The third kappa shape index (κ3) is 3.97. The second-order valence-corrected chi connectivity index (χ2v) is 7.49. The number of hydrogen-bond acceptors (Lipinski definition) is 5. The number of rotatable bonds is 3. The van der Waals surface area contributed by atoms with Gasteiger partial charge in [0.2, 0.25) is 5.91 Å². The molecule has 0 fully saturated rings. The van der Waals surface area contributed by atoms with Crippen LogP contribution in [0.15, 0.2) is 51.8 Å². The summed E-state index contributed by atoms with van der Waals surface area (Å²) in [6.07, 6.45) is 0. The maximum Gasteiger partial charge on any atom is 0.286 e. The Hall–Kier alpha value is -2.46. The van der Waals surface area contributed by atoms with Crippen LogP contribution in [0.1, 0.15) is 0 Å². The number of para-hydroxylation sites is 1. The molecule has 1 heterocycles. The summed E-state index contributed by atoms with van der Waals surface area (Å²) in [6, 6.07) is 8.92. The fourth-order valence-corrected chi connectivity index (χ4v) is 4.10. The van der Waals surface area contributed by atoms with Crippen molar-refractivity contribution in [1.29, 1.82) is 0 Å². The van der Waals surface area contributed by atoms with Crippen molar-refractivity contribution in [3.05, 3.63) is 54.1 Å². The van der Waals surface area contributed by atoms with E-state index < -0.39 is 27.6 Å². The van der Waals surface area contributed by atoms with Crippen molar-refractivity contribution in [1.82, 2.24) is 0 Å². The van der Waals surface area contributed by atoms with Gasteiger partial charge in [-0.2, -0.15) is 8.42 Å². The maximum atomic E-state index is 13.5. The normalized spacial score (nSPS) is 14.9. The Balaban J connectivity index is 1.67. The van der Waals surface area contributed by atoms with Gasteiger partial charge in [-0.15, -0.1) is 4.40 Å². The van der Waals surface area contributed by atoms with Crippen LogP contribution in [0.2, 0.25) is 0 Å². The summed E-state index contributed by atoms with van der Waals surface area (Å²) in [6.45, 7) is 0. The van der Waals surface area contributed by atoms with Crippen LogP contribution in [0, 0.1) is 11.6 Å². The van der Waals surface area contributed by atoms with E-state index in [0.29, 0.717) is 5.69 Å². The second-order valence-electron chi connectivity index (χ2n) is 4.95. The van der Waals surface area contributed by atoms with Gasteiger partial charge in [0, 0.05) is 6.07 Å². The van der Waals surface area contributed by atoms with Crippen molar-refractivity contribution in [2.75, 3.05) is 16.4 Å². The second kappa shape index (κ2) is 6.81. The van der Waals surface area contributed by atoms with Gasteiger partial charge in [0.25, 0.3) is 10.0 Å². The number of nitrogens with one attached hydrogen (secondary N) is 2. The molecule has 0 spiro atoms. The van der Waals surface area contributed by atoms with E-state index in [2.05, 4.69) is 15.0 Å². The summed E-state index contributed by atoms with van der Waals surface area (Å²) in [5.41, 5.74) is 0.0682. The smallest absolute Gasteiger partial charge is 0.286 e. The molecule has 0 unspecified atom stereocenters. The summed E-state index contributed by atoms with van der Waals surface area (Å²) in [4.78, 5) is 11.9. The Bertz CT molecular complexity index is 978. The van der Waals surface area contributed by atoms with Crippen LogP contribution in [0.4, 0.5) is 20.2 Å². The zero-order valence-corrected chi connectivity index (χ0v) is 14.1. The number of benzene rings is 2. The maximum absolute atomic E-state index is 13.5. The monoisotopic (exact) mass is 383 g/mol. The molecule has 0 atom stereocenters. The van der Waals surface area contributed by atoms with Gasteiger partial charge in [0.05, 0.1) is 17.1 Å². The standard InChI is InChI=1S/C15H11F2N3O3S2/c16-9-5-6-10(17)12(7-9)18-14(21)8-24-15-19-11-3-1-2-4-13(11)25(22,23)20-15/h1-7H,8H2,(H,18,21)(H,19,20). The van der Waals surface area contributed by atoms with E-state index in [9.17, 15) is 22.0 Å². The molecule has 2 aromatic carbocycles. The Labute approximate surface area is 146 Å². The fourth-order valence-electron chi connectivity index (χ4n) is 2.07. The number of nitrogens with zero attached hydrogens (tertiary/aromatic N) is 1. The molecule has 0 aliphatic carbocycles. The number of amides is 1. The van der Waals surface area contributed by atoms with Crippen molar-refractivity contribution in [2.24, 2.45) is 4.40 Å². The number of carbonyl (C=O) groups excluding carboxylic acids is 1. The van der Waals surface area contributed by atoms with E-state index in [0.717, 1.165) is 30.0 Å². The Morgan fingerprint density at radius 1 is 1.20 bits per heavy atom. The molecule has 1 amide bonds. The number of fused-ring (bicyclic) bond motifs is 1. The average molecular weight is 383 g/mol. The van der Waals surface area contributed by atoms with Gasteiger partial charge in [0.1, 0.15) is 16.5 Å². The molecule has 6 nitrogen and oxygen atoms in total. The molecule has 0 saturated carbocycles.